The highest BCUT2D eigenvalue weighted by molar-refractivity contribution is 9.09. The molecule has 5 aliphatic rings. The van der Waals surface area contributed by atoms with Crippen LogP contribution in [0.4, 0.5) is 5.69 Å². The topological polar surface area (TPSA) is 103 Å². The summed E-state index contributed by atoms with van der Waals surface area (Å²) < 4.78 is 10.9. The standard InChI is InChI=1S/C18H20ClN3O6S3/c1-20-9-6-29-31-30-18(16(20)25)14(24)17(26)7-5-8(19)11(27-3)12(28-4)10(7)21(2)15(17)22(18)13(9)23/h5,9,14-15,24,26H,6H2,1-4H3/t9?,14-,15-,17-,18?/m1/s1. The van der Waals surface area contributed by atoms with Crippen LogP contribution < -0.4 is 14.4 Å². The minimum atomic E-state index is -1.98. The van der Waals surface area contributed by atoms with Crippen LogP contribution in [0.15, 0.2) is 6.07 Å². The van der Waals surface area contributed by atoms with E-state index in [0.717, 1.165) is 10.8 Å². The van der Waals surface area contributed by atoms with Crippen LogP contribution in [-0.2, 0) is 15.2 Å². The molecule has 0 aliphatic carbocycles. The molecule has 1 aromatic carbocycles. The highest BCUT2D eigenvalue weighted by Gasteiger charge is 2.79. The number of anilines is 1. The van der Waals surface area contributed by atoms with Crippen molar-refractivity contribution in [1.29, 1.82) is 0 Å². The van der Waals surface area contributed by atoms with Gasteiger partial charge in [0.1, 0.15) is 18.3 Å². The number of aliphatic hydroxyl groups is 2. The summed E-state index contributed by atoms with van der Waals surface area (Å²) in [5.74, 6) is 0.236. The van der Waals surface area contributed by atoms with Gasteiger partial charge in [0.25, 0.3) is 5.91 Å². The number of aliphatic hydroxyl groups excluding tert-OH is 1. The van der Waals surface area contributed by atoms with Crippen molar-refractivity contribution in [2.24, 2.45) is 0 Å². The van der Waals surface area contributed by atoms with Gasteiger partial charge in [-0.3, -0.25) is 14.5 Å². The van der Waals surface area contributed by atoms with Crippen LogP contribution in [0.2, 0.25) is 5.02 Å². The number of benzene rings is 1. The number of likely N-dealkylation sites (N-methyl/N-ethyl adjacent to an activating group) is 2. The van der Waals surface area contributed by atoms with Gasteiger partial charge >= 0.3 is 0 Å². The summed E-state index contributed by atoms with van der Waals surface area (Å²) in [5, 5.41) is 23.8. The largest absolute Gasteiger partial charge is 0.491 e. The van der Waals surface area contributed by atoms with E-state index >= 15 is 0 Å². The van der Waals surface area contributed by atoms with E-state index in [1.807, 2.05) is 0 Å². The second-order valence-electron chi connectivity index (χ2n) is 7.81. The van der Waals surface area contributed by atoms with Crippen LogP contribution >= 0.6 is 43.0 Å². The number of hydrogen-bond acceptors (Lipinski definition) is 10. The number of hydrogen-bond donors (Lipinski definition) is 2. The van der Waals surface area contributed by atoms with Gasteiger partial charge < -0.3 is 29.5 Å². The maximum Gasteiger partial charge on any atom is 0.263 e. The SMILES string of the molecule is COc1c(Cl)cc2c(c1OC)N(C)[C@@H]1N3C(=O)C4CSSSC3(C(=O)N4C)[C@H](O)[C@]21O. The van der Waals surface area contributed by atoms with Crippen molar-refractivity contribution < 1.29 is 29.3 Å². The number of carbonyl (C=O) groups excluding carboxylic acids is 2. The zero-order valence-electron chi connectivity index (χ0n) is 17.0. The van der Waals surface area contributed by atoms with Gasteiger partial charge in [0.15, 0.2) is 17.1 Å². The summed E-state index contributed by atoms with van der Waals surface area (Å²) in [4.78, 5) is 29.9. The normalized spacial score (nSPS) is 36.2. The molecular weight excluding hydrogens is 486 g/mol. The third kappa shape index (κ3) is 2.31. The molecular formula is C18H20ClN3O6S3. The molecule has 2 bridgehead atoms. The summed E-state index contributed by atoms with van der Waals surface area (Å²) in [6.45, 7) is 0. The Bertz CT molecular complexity index is 1020. The van der Waals surface area contributed by atoms with Gasteiger partial charge in [0, 0.05) is 25.4 Å². The van der Waals surface area contributed by atoms with Crippen molar-refractivity contribution in [1.82, 2.24) is 9.80 Å². The number of piperazine rings is 1. The third-order valence-corrected chi connectivity index (χ3v) is 11.4. The molecule has 0 saturated carbocycles. The van der Waals surface area contributed by atoms with Crippen molar-refractivity contribution >= 4 is 60.5 Å². The fourth-order valence-electron chi connectivity index (χ4n) is 5.16. The van der Waals surface area contributed by atoms with Crippen molar-refractivity contribution in [3.8, 4) is 11.5 Å². The zero-order chi connectivity index (χ0) is 22.5. The first-order chi connectivity index (χ1) is 14.7. The molecule has 2 amide bonds. The monoisotopic (exact) mass is 505 g/mol. The van der Waals surface area contributed by atoms with Gasteiger partial charge in [0.2, 0.25) is 10.8 Å². The third-order valence-electron chi connectivity index (χ3n) is 6.56. The van der Waals surface area contributed by atoms with Crippen LogP contribution in [-0.4, -0.2) is 89.1 Å². The molecule has 2 unspecified atom stereocenters. The lowest BCUT2D eigenvalue weighted by Crippen LogP contribution is -2.72. The lowest BCUT2D eigenvalue weighted by atomic mass is 9.87. The van der Waals surface area contributed by atoms with Crippen LogP contribution in [0.1, 0.15) is 5.56 Å². The van der Waals surface area contributed by atoms with Gasteiger partial charge in [-0.05, 0) is 26.7 Å². The number of carbonyl (C=O) groups is 2. The summed E-state index contributed by atoms with van der Waals surface area (Å²) >= 11 is 6.42. The second-order valence-corrected chi connectivity index (χ2v) is 12.5. The van der Waals surface area contributed by atoms with Crippen molar-refractivity contribution in [2.45, 2.75) is 28.8 Å². The first-order valence-corrected chi connectivity index (χ1v) is 13.4. The highest BCUT2D eigenvalue weighted by atomic mass is 35.5. The molecule has 0 radical (unpaired) electrons. The molecule has 1 spiro atoms. The number of methoxy groups -OCH3 is 2. The number of rotatable bonds is 2. The minimum Gasteiger partial charge on any atom is -0.491 e. The van der Waals surface area contributed by atoms with Crippen LogP contribution in [0.3, 0.4) is 0 Å². The molecule has 2 N–H and O–H groups in total. The maximum atomic E-state index is 13.6. The van der Waals surface area contributed by atoms with Gasteiger partial charge in [0.05, 0.1) is 24.9 Å². The smallest absolute Gasteiger partial charge is 0.263 e. The molecule has 31 heavy (non-hydrogen) atoms. The Balaban J connectivity index is 1.80. The van der Waals surface area contributed by atoms with Crippen molar-refractivity contribution in [2.75, 3.05) is 39.0 Å². The minimum absolute atomic E-state index is 0.182. The van der Waals surface area contributed by atoms with Gasteiger partial charge in [-0.25, -0.2) is 0 Å². The van der Waals surface area contributed by atoms with E-state index in [9.17, 15) is 19.8 Å². The van der Waals surface area contributed by atoms with Crippen LogP contribution in [0, 0.1) is 0 Å². The van der Waals surface area contributed by atoms with E-state index in [4.69, 9.17) is 21.1 Å². The van der Waals surface area contributed by atoms with Gasteiger partial charge in [-0.15, -0.1) is 0 Å². The predicted octanol–water partition coefficient (Wildman–Crippen LogP) is 1.10. The Labute approximate surface area is 195 Å². The number of fused-ring (bicyclic) bond motifs is 7. The molecule has 1 aromatic rings. The molecule has 168 valence electrons. The molecule has 5 atom stereocenters. The number of amides is 2. The quantitative estimate of drug-likeness (QED) is 0.568. The molecule has 4 saturated heterocycles. The van der Waals surface area contributed by atoms with E-state index in [2.05, 4.69) is 0 Å². The van der Waals surface area contributed by atoms with Crippen LogP contribution in [0.5, 0.6) is 11.5 Å². The molecule has 5 heterocycles. The van der Waals surface area contributed by atoms with Crippen LogP contribution in [0.25, 0.3) is 0 Å². The lowest BCUT2D eigenvalue weighted by Gasteiger charge is -2.51. The Kier molecular flexibility index (Phi) is 4.83. The first kappa shape index (κ1) is 21.7. The Hall–Kier alpha value is -1.18. The Morgan fingerprint density at radius 3 is 2.52 bits per heavy atom. The second kappa shape index (κ2) is 6.91. The van der Waals surface area contributed by atoms with E-state index in [1.54, 1.807) is 19.0 Å². The van der Waals surface area contributed by atoms with E-state index in [1.165, 1.54) is 50.7 Å². The number of nitrogens with zero attached hydrogens (tertiary/aromatic N) is 3. The van der Waals surface area contributed by atoms with Crippen molar-refractivity contribution in [3.63, 3.8) is 0 Å². The summed E-state index contributed by atoms with van der Waals surface area (Å²) in [6, 6.07) is 0.817. The Morgan fingerprint density at radius 1 is 1.19 bits per heavy atom. The highest BCUT2D eigenvalue weighted by Crippen LogP contribution is 2.66. The molecule has 4 fully saturated rings. The fraction of sp³-hybridized carbons (Fsp3) is 0.556. The zero-order valence-corrected chi connectivity index (χ0v) is 20.2. The summed E-state index contributed by atoms with van der Waals surface area (Å²) in [6.07, 6.45) is -2.64. The molecule has 0 aromatic heterocycles. The van der Waals surface area contributed by atoms with Gasteiger partial charge in [-0.1, -0.05) is 22.4 Å². The van der Waals surface area contributed by atoms with E-state index < -0.39 is 34.7 Å². The van der Waals surface area contributed by atoms with Gasteiger partial charge in [-0.2, -0.15) is 0 Å². The molecule has 9 nitrogen and oxygen atoms in total. The molecule has 6 rings (SSSR count). The Morgan fingerprint density at radius 2 is 1.87 bits per heavy atom. The summed E-state index contributed by atoms with van der Waals surface area (Å²) in [5.41, 5.74) is -1.25. The average molecular weight is 506 g/mol. The lowest BCUT2D eigenvalue weighted by molar-refractivity contribution is -0.163. The van der Waals surface area contributed by atoms with E-state index in [-0.39, 0.29) is 28.0 Å². The van der Waals surface area contributed by atoms with Crippen molar-refractivity contribution in [3.05, 3.63) is 16.7 Å². The molecule has 5 aliphatic heterocycles. The molecule has 13 heteroatoms. The summed E-state index contributed by atoms with van der Waals surface area (Å²) in [7, 11) is 10.0. The first-order valence-electron chi connectivity index (χ1n) is 9.33. The average Bonchev–Trinajstić information content (AvgIpc) is 3.07. The number of halogens is 1. The maximum absolute atomic E-state index is 13.6. The van der Waals surface area contributed by atoms with E-state index in [0.29, 0.717) is 11.4 Å². The fourth-order valence-corrected chi connectivity index (χ4v) is 10.5. The number of ether oxygens (including phenoxy) is 2. The predicted molar refractivity (Wildman–Crippen MR) is 120 cm³/mol.